The van der Waals surface area contributed by atoms with Crippen LogP contribution in [0.4, 0.5) is 0 Å². The Hall–Kier alpha value is -0.570. The van der Waals surface area contributed by atoms with Crippen molar-refractivity contribution in [2.75, 3.05) is 0 Å². The summed E-state index contributed by atoms with van der Waals surface area (Å²) >= 11 is 5.29. The number of nitrogens with zero attached hydrogens (tertiary/aromatic N) is 1. The summed E-state index contributed by atoms with van der Waals surface area (Å²) in [5.41, 5.74) is 0. The van der Waals surface area contributed by atoms with Crippen LogP contribution in [0.15, 0.2) is 11.2 Å². The molecule has 0 fully saturated rings. The van der Waals surface area contributed by atoms with Crippen molar-refractivity contribution in [1.82, 2.24) is 0 Å². The molecule has 0 aliphatic carbocycles. The van der Waals surface area contributed by atoms with Crippen molar-refractivity contribution in [3.05, 3.63) is 21.3 Å². The molecule has 70 valence electrons. The second-order valence-electron chi connectivity index (χ2n) is 2.63. The number of hydrogen-bond acceptors (Lipinski definition) is 2. The SMILES string of the molecule is CCCCCC/C=C(\Cl)[N+](=O)[O-]. The summed E-state index contributed by atoms with van der Waals surface area (Å²) < 4.78 is 0. The summed E-state index contributed by atoms with van der Waals surface area (Å²) in [5.74, 6) is 0. The van der Waals surface area contributed by atoms with Crippen LogP contribution < -0.4 is 0 Å². The fraction of sp³-hybridized carbons (Fsp3) is 0.750. The van der Waals surface area contributed by atoms with Gasteiger partial charge in [0.15, 0.2) is 0 Å². The van der Waals surface area contributed by atoms with Crippen LogP contribution in [-0.2, 0) is 0 Å². The van der Waals surface area contributed by atoms with E-state index in [1.165, 1.54) is 18.9 Å². The molecule has 0 aromatic heterocycles. The summed E-state index contributed by atoms with van der Waals surface area (Å²) in [6, 6.07) is 0. The van der Waals surface area contributed by atoms with Gasteiger partial charge in [-0.05, 0) is 24.4 Å². The van der Waals surface area contributed by atoms with E-state index in [9.17, 15) is 10.1 Å². The molecule has 0 heterocycles. The lowest BCUT2D eigenvalue weighted by atomic mass is 10.1. The Morgan fingerprint density at radius 3 is 2.67 bits per heavy atom. The van der Waals surface area contributed by atoms with Crippen LogP contribution in [0, 0.1) is 10.1 Å². The number of halogens is 1. The molecule has 0 unspecified atom stereocenters. The highest BCUT2D eigenvalue weighted by Crippen LogP contribution is 2.08. The normalized spacial score (nSPS) is 11.7. The van der Waals surface area contributed by atoms with Gasteiger partial charge in [-0.3, -0.25) is 10.1 Å². The van der Waals surface area contributed by atoms with Gasteiger partial charge < -0.3 is 0 Å². The minimum absolute atomic E-state index is 0.258. The molecule has 0 saturated carbocycles. The molecule has 0 aliphatic rings. The zero-order valence-electron chi connectivity index (χ0n) is 7.25. The van der Waals surface area contributed by atoms with Gasteiger partial charge in [-0.1, -0.05) is 26.2 Å². The predicted octanol–water partition coefficient (Wildman–Crippen LogP) is 3.31. The molecule has 0 atom stereocenters. The van der Waals surface area contributed by atoms with Crippen molar-refractivity contribution in [1.29, 1.82) is 0 Å². The smallest absolute Gasteiger partial charge is 0.257 e. The third-order valence-corrected chi connectivity index (χ3v) is 1.84. The average molecular weight is 192 g/mol. The standard InChI is InChI=1S/C8H14ClNO2/c1-2-3-4-5-6-7-8(9)10(11)12/h7H,2-6H2,1H3/b8-7+. The average Bonchev–Trinajstić information content (AvgIpc) is 2.03. The van der Waals surface area contributed by atoms with E-state index in [-0.39, 0.29) is 5.16 Å². The van der Waals surface area contributed by atoms with Crippen molar-refractivity contribution < 1.29 is 4.92 Å². The van der Waals surface area contributed by atoms with Gasteiger partial charge in [0.2, 0.25) is 0 Å². The Bertz CT molecular complexity index is 168. The summed E-state index contributed by atoms with van der Waals surface area (Å²) in [4.78, 5) is 9.46. The molecular formula is C8H14ClNO2. The van der Waals surface area contributed by atoms with E-state index in [0.717, 1.165) is 12.8 Å². The highest BCUT2D eigenvalue weighted by atomic mass is 35.5. The number of hydrogen-bond donors (Lipinski definition) is 0. The van der Waals surface area contributed by atoms with E-state index in [1.807, 2.05) is 0 Å². The van der Waals surface area contributed by atoms with Gasteiger partial charge in [0.25, 0.3) is 0 Å². The molecular weight excluding hydrogens is 178 g/mol. The van der Waals surface area contributed by atoms with E-state index in [2.05, 4.69) is 6.92 Å². The van der Waals surface area contributed by atoms with E-state index in [0.29, 0.717) is 6.42 Å². The maximum atomic E-state index is 10.0. The largest absolute Gasteiger partial charge is 0.333 e. The maximum absolute atomic E-state index is 10.0. The molecule has 0 radical (unpaired) electrons. The summed E-state index contributed by atoms with van der Waals surface area (Å²) in [5, 5.41) is 9.77. The predicted molar refractivity (Wildman–Crippen MR) is 49.7 cm³/mol. The van der Waals surface area contributed by atoms with Crippen molar-refractivity contribution >= 4 is 11.6 Å². The molecule has 0 N–H and O–H groups in total. The Kier molecular flexibility index (Phi) is 6.76. The van der Waals surface area contributed by atoms with Gasteiger partial charge in [-0.25, -0.2) is 0 Å². The molecule has 0 bridgehead atoms. The fourth-order valence-corrected chi connectivity index (χ4v) is 0.976. The first kappa shape index (κ1) is 11.4. The third-order valence-electron chi connectivity index (χ3n) is 1.54. The summed E-state index contributed by atoms with van der Waals surface area (Å²) in [6.45, 7) is 2.12. The van der Waals surface area contributed by atoms with Crippen LogP contribution >= 0.6 is 11.6 Å². The number of rotatable bonds is 6. The molecule has 4 heteroatoms. The summed E-state index contributed by atoms with van der Waals surface area (Å²) in [7, 11) is 0. The fourth-order valence-electron chi connectivity index (χ4n) is 0.867. The minimum atomic E-state index is -0.568. The van der Waals surface area contributed by atoms with Gasteiger partial charge >= 0.3 is 5.16 Å². The Labute approximate surface area is 77.6 Å². The lowest BCUT2D eigenvalue weighted by Crippen LogP contribution is -1.90. The molecule has 0 spiro atoms. The van der Waals surface area contributed by atoms with E-state index >= 15 is 0 Å². The lowest BCUT2D eigenvalue weighted by Gasteiger charge is -1.93. The topological polar surface area (TPSA) is 43.1 Å². The zero-order chi connectivity index (χ0) is 9.40. The third kappa shape index (κ3) is 6.16. The monoisotopic (exact) mass is 191 g/mol. The zero-order valence-corrected chi connectivity index (χ0v) is 8.01. The maximum Gasteiger partial charge on any atom is 0.333 e. The molecule has 12 heavy (non-hydrogen) atoms. The van der Waals surface area contributed by atoms with Gasteiger partial charge in [-0.2, -0.15) is 0 Å². The summed E-state index contributed by atoms with van der Waals surface area (Å²) in [6.07, 6.45) is 6.64. The molecule has 0 aromatic carbocycles. The quantitative estimate of drug-likeness (QED) is 0.280. The van der Waals surface area contributed by atoms with Gasteiger partial charge in [0, 0.05) is 6.08 Å². The first-order valence-electron chi connectivity index (χ1n) is 4.18. The van der Waals surface area contributed by atoms with Gasteiger partial charge in [0.05, 0.1) is 4.92 Å². The van der Waals surface area contributed by atoms with Crippen LogP contribution in [0.3, 0.4) is 0 Å². The first-order chi connectivity index (χ1) is 5.68. The second-order valence-corrected chi connectivity index (χ2v) is 3.02. The second kappa shape index (κ2) is 7.10. The minimum Gasteiger partial charge on any atom is -0.257 e. The van der Waals surface area contributed by atoms with E-state index in [1.54, 1.807) is 0 Å². The van der Waals surface area contributed by atoms with Crippen molar-refractivity contribution in [2.45, 2.75) is 39.0 Å². The molecule has 0 saturated heterocycles. The van der Waals surface area contributed by atoms with Crippen LogP contribution in [0.25, 0.3) is 0 Å². The van der Waals surface area contributed by atoms with Gasteiger partial charge in [-0.15, -0.1) is 0 Å². The number of unbranched alkanes of at least 4 members (excludes halogenated alkanes) is 4. The van der Waals surface area contributed by atoms with Crippen molar-refractivity contribution in [3.63, 3.8) is 0 Å². The highest BCUT2D eigenvalue weighted by Gasteiger charge is 2.02. The number of allylic oxidation sites excluding steroid dienone is 1. The van der Waals surface area contributed by atoms with Crippen molar-refractivity contribution in [3.8, 4) is 0 Å². The Morgan fingerprint density at radius 1 is 1.50 bits per heavy atom. The van der Waals surface area contributed by atoms with Crippen LogP contribution in [0.1, 0.15) is 39.0 Å². The van der Waals surface area contributed by atoms with E-state index in [4.69, 9.17) is 11.6 Å². The Morgan fingerprint density at radius 2 is 2.17 bits per heavy atom. The van der Waals surface area contributed by atoms with Gasteiger partial charge in [0.1, 0.15) is 0 Å². The first-order valence-corrected chi connectivity index (χ1v) is 4.56. The molecule has 0 amide bonds. The molecule has 0 aliphatic heterocycles. The van der Waals surface area contributed by atoms with Crippen LogP contribution in [0.5, 0.6) is 0 Å². The Balaban J connectivity index is 3.40. The molecule has 3 nitrogen and oxygen atoms in total. The van der Waals surface area contributed by atoms with Crippen molar-refractivity contribution in [2.24, 2.45) is 0 Å². The van der Waals surface area contributed by atoms with Crippen LogP contribution in [-0.4, -0.2) is 4.92 Å². The van der Waals surface area contributed by atoms with Crippen LogP contribution in [0.2, 0.25) is 0 Å². The van der Waals surface area contributed by atoms with E-state index < -0.39 is 4.92 Å². The molecule has 0 rings (SSSR count). The number of nitro groups is 1. The molecule has 0 aromatic rings. The highest BCUT2D eigenvalue weighted by molar-refractivity contribution is 6.27. The lowest BCUT2D eigenvalue weighted by molar-refractivity contribution is -0.412.